The fourth-order valence-corrected chi connectivity index (χ4v) is 9.60. The number of rotatable bonds is 5. The zero-order chi connectivity index (χ0) is 37.5. The van der Waals surface area contributed by atoms with Gasteiger partial charge < -0.3 is 8.98 Å². The summed E-state index contributed by atoms with van der Waals surface area (Å²) in [6.07, 6.45) is 0. The van der Waals surface area contributed by atoms with Gasteiger partial charge in [-0.1, -0.05) is 152 Å². The molecule has 0 atom stereocenters. The number of thiophene rings is 1. The molecule has 0 aliphatic carbocycles. The van der Waals surface area contributed by atoms with Crippen LogP contribution >= 0.6 is 11.3 Å². The number of benzene rings is 8. The molecule has 0 saturated heterocycles. The number of para-hydroxylation sites is 4. The van der Waals surface area contributed by atoms with Gasteiger partial charge in [0.05, 0.1) is 16.7 Å². The van der Waals surface area contributed by atoms with Gasteiger partial charge in [0.15, 0.2) is 23.1 Å². The summed E-state index contributed by atoms with van der Waals surface area (Å²) >= 11 is 1.79. The van der Waals surface area contributed by atoms with Gasteiger partial charge >= 0.3 is 0 Å². The van der Waals surface area contributed by atoms with E-state index >= 15 is 0 Å². The Hall–Kier alpha value is -7.41. The normalized spacial score (nSPS) is 11.9. The molecule has 0 saturated carbocycles. The molecule has 0 spiro atoms. The molecule has 5 nitrogen and oxygen atoms in total. The largest absolute Gasteiger partial charge is 0.453 e. The van der Waals surface area contributed by atoms with Crippen LogP contribution in [0.1, 0.15) is 0 Å². The van der Waals surface area contributed by atoms with Crippen molar-refractivity contribution in [2.75, 3.05) is 0 Å². The highest BCUT2D eigenvalue weighted by Gasteiger charge is 2.20. The van der Waals surface area contributed by atoms with E-state index in [1.165, 1.54) is 30.9 Å². The Morgan fingerprint density at radius 1 is 0.368 bits per heavy atom. The molecule has 0 N–H and O–H groups in total. The smallest absolute Gasteiger partial charge is 0.164 e. The summed E-state index contributed by atoms with van der Waals surface area (Å²) in [5.41, 5.74) is 10.2. The monoisotopic (exact) mass is 746 g/mol. The van der Waals surface area contributed by atoms with Gasteiger partial charge in [0.2, 0.25) is 0 Å². The molecular weight excluding hydrogens is 717 g/mol. The maximum absolute atomic E-state index is 6.97. The molecule has 0 unspecified atom stereocenters. The van der Waals surface area contributed by atoms with E-state index in [4.69, 9.17) is 19.4 Å². The Balaban J connectivity index is 0.982. The molecule has 57 heavy (non-hydrogen) atoms. The van der Waals surface area contributed by atoms with Gasteiger partial charge in [0.1, 0.15) is 5.58 Å². The minimum absolute atomic E-state index is 0.652. The Morgan fingerprint density at radius 3 is 1.49 bits per heavy atom. The van der Waals surface area contributed by atoms with E-state index in [-0.39, 0.29) is 0 Å². The highest BCUT2D eigenvalue weighted by atomic mass is 32.1. The summed E-state index contributed by atoms with van der Waals surface area (Å²) in [5.74, 6) is 1.96. The van der Waals surface area contributed by atoms with Gasteiger partial charge in [-0.3, -0.25) is 0 Å². The van der Waals surface area contributed by atoms with Crippen molar-refractivity contribution >= 4 is 75.3 Å². The molecule has 0 aliphatic rings. The predicted molar refractivity (Wildman–Crippen MR) is 236 cm³/mol. The highest BCUT2D eigenvalue weighted by Crippen LogP contribution is 2.43. The zero-order valence-corrected chi connectivity index (χ0v) is 31.2. The zero-order valence-electron chi connectivity index (χ0n) is 30.4. The van der Waals surface area contributed by atoms with Gasteiger partial charge in [-0.15, -0.1) is 11.3 Å². The van der Waals surface area contributed by atoms with Crippen LogP contribution in [-0.4, -0.2) is 19.5 Å². The van der Waals surface area contributed by atoms with E-state index in [9.17, 15) is 0 Å². The van der Waals surface area contributed by atoms with Gasteiger partial charge in [0.25, 0.3) is 0 Å². The van der Waals surface area contributed by atoms with Crippen LogP contribution < -0.4 is 0 Å². The summed E-state index contributed by atoms with van der Waals surface area (Å²) < 4.78 is 11.7. The van der Waals surface area contributed by atoms with Crippen molar-refractivity contribution in [3.63, 3.8) is 0 Å². The molecule has 8 aromatic carbocycles. The molecule has 0 fully saturated rings. The summed E-state index contributed by atoms with van der Waals surface area (Å²) in [6, 6.07) is 63.7. The Bertz CT molecular complexity index is 3420. The van der Waals surface area contributed by atoms with Crippen LogP contribution in [0, 0.1) is 0 Å². The van der Waals surface area contributed by atoms with E-state index in [0.717, 1.165) is 66.5 Å². The van der Waals surface area contributed by atoms with Crippen molar-refractivity contribution in [2.24, 2.45) is 0 Å². The van der Waals surface area contributed by atoms with Gasteiger partial charge in [-0.2, -0.15) is 0 Å². The van der Waals surface area contributed by atoms with Crippen molar-refractivity contribution in [3.8, 4) is 51.0 Å². The minimum atomic E-state index is 0.652. The Morgan fingerprint density at radius 2 is 0.860 bits per heavy atom. The van der Waals surface area contributed by atoms with Crippen LogP contribution in [0.4, 0.5) is 0 Å². The topological polar surface area (TPSA) is 56.7 Å². The number of nitrogens with zero attached hydrogens (tertiary/aromatic N) is 4. The molecular formula is C51H30N4OS. The molecule has 6 heteroatoms. The summed E-state index contributed by atoms with van der Waals surface area (Å²) in [5, 5.41) is 7.10. The second-order valence-corrected chi connectivity index (χ2v) is 15.5. The minimum Gasteiger partial charge on any atom is -0.453 e. The first kappa shape index (κ1) is 31.9. The number of aromatic nitrogens is 4. The van der Waals surface area contributed by atoms with Crippen molar-refractivity contribution < 1.29 is 4.42 Å². The molecule has 4 heterocycles. The fraction of sp³-hybridized carbons (Fsp3) is 0. The van der Waals surface area contributed by atoms with Crippen molar-refractivity contribution in [3.05, 3.63) is 182 Å². The van der Waals surface area contributed by atoms with Gasteiger partial charge in [-0.05, 0) is 35.9 Å². The van der Waals surface area contributed by atoms with Crippen LogP contribution in [0.2, 0.25) is 0 Å². The number of furan rings is 1. The lowest BCUT2D eigenvalue weighted by Gasteiger charge is -2.08. The lowest BCUT2D eigenvalue weighted by Crippen LogP contribution is -1.99. The second kappa shape index (κ2) is 12.6. The van der Waals surface area contributed by atoms with Gasteiger partial charge in [-0.25, -0.2) is 15.0 Å². The lowest BCUT2D eigenvalue weighted by molar-refractivity contribution is 0.667. The maximum Gasteiger partial charge on any atom is 0.164 e. The van der Waals surface area contributed by atoms with E-state index in [0.29, 0.717) is 17.5 Å². The molecule has 0 aliphatic heterocycles. The van der Waals surface area contributed by atoms with Crippen molar-refractivity contribution in [1.82, 2.24) is 19.5 Å². The average Bonchev–Trinajstić information content (AvgIpc) is 3.96. The third-order valence-electron chi connectivity index (χ3n) is 11.1. The summed E-state index contributed by atoms with van der Waals surface area (Å²) in [4.78, 5) is 14.9. The number of hydrogen-bond donors (Lipinski definition) is 0. The van der Waals surface area contributed by atoms with Crippen LogP contribution in [0.3, 0.4) is 0 Å². The molecule has 0 amide bonds. The molecule has 4 aromatic heterocycles. The fourth-order valence-electron chi connectivity index (χ4n) is 8.41. The SMILES string of the molecule is c1ccc(-c2nc(-c3ccccc3)nc(-c3ccc4c(c3)sc3cc(-c5cccc6c5oc5c(-n7c8ccccc8c8ccccc87)cccc56)ccc34)n2)cc1. The molecule has 12 rings (SSSR count). The van der Waals surface area contributed by atoms with Crippen molar-refractivity contribution in [1.29, 1.82) is 0 Å². The third kappa shape index (κ3) is 5.04. The van der Waals surface area contributed by atoms with E-state index in [2.05, 4.69) is 126 Å². The van der Waals surface area contributed by atoms with E-state index in [1.54, 1.807) is 11.3 Å². The maximum atomic E-state index is 6.97. The molecule has 12 aromatic rings. The summed E-state index contributed by atoms with van der Waals surface area (Å²) in [7, 11) is 0. The van der Waals surface area contributed by atoms with E-state index in [1.807, 2.05) is 60.7 Å². The number of hydrogen-bond acceptors (Lipinski definition) is 5. The lowest BCUT2D eigenvalue weighted by atomic mass is 10.0. The first-order valence-electron chi connectivity index (χ1n) is 19.0. The summed E-state index contributed by atoms with van der Waals surface area (Å²) in [6.45, 7) is 0. The van der Waals surface area contributed by atoms with E-state index < -0.39 is 0 Å². The van der Waals surface area contributed by atoms with Crippen LogP contribution in [0.5, 0.6) is 0 Å². The first-order valence-corrected chi connectivity index (χ1v) is 19.8. The second-order valence-electron chi connectivity index (χ2n) is 14.4. The quantitative estimate of drug-likeness (QED) is 0.176. The van der Waals surface area contributed by atoms with Crippen molar-refractivity contribution in [2.45, 2.75) is 0 Å². The molecule has 0 bridgehead atoms. The number of fused-ring (bicyclic) bond motifs is 9. The Labute approximate surface area is 330 Å². The van der Waals surface area contributed by atoms with Crippen LogP contribution in [-0.2, 0) is 0 Å². The third-order valence-corrected chi connectivity index (χ3v) is 12.2. The molecule has 266 valence electrons. The van der Waals surface area contributed by atoms with Gasteiger partial charge in [0, 0.05) is 64.0 Å². The molecule has 0 radical (unpaired) electrons. The first-order chi connectivity index (χ1) is 28.2. The Kier molecular flexibility index (Phi) is 7.03. The van der Waals surface area contributed by atoms with Crippen LogP contribution in [0.25, 0.3) is 115 Å². The average molecular weight is 747 g/mol. The predicted octanol–water partition coefficient (Wildman–Crippen LogP) is 13.9. The standard InChI is InChI=1S/C51H30N4OS/c1-3-13-31(14-4-1)49-52-50(32-15-5-2-6-16-32)54-51(53-49)34-26-28-39-38-27-25-33(29-45(38)57-46(39)30-34)35-19-11-20-40-41-21-12-24-44(48(41)56-47(35)40)55-42-22-9-7-17-36(42)37-18-8-10-23-43(37)55/h1-30H. The highest BCUT2D eigenvalue weighted by molar-refractivity contribution is 7.25. The van der Waals surface area contributed by atoms with Crippen LogP contribution in [0.15, 0.2) is 186 Å².